The number of nitrogens with one attached hydrogen (secondary N) is 2. The molecule has 136 valence electrons. The van der Waals surface area contributed by atoms with Crippen LogP contribution in [0.2, 0.25) is 0 Å². The summed E-state index contributed by atoms with van der Waals surface area (Å²) in [5.74, 6) is 1.62. The number of H-pyrrole nitrogens is 2. The van der Waals surface area contributed by atoms with Gasteiger partial charge < -0.3 is 24.1 Å². The maximum Gasteiger partial charge on any atom is 0.270 e. The van der Waals surface area contributed by atoms with E-state index in [1.54, 1.807) is 44.6 Å². The Balaban J connectivity index is 1.74. The third-order valence-corrected chi connectivity index (χ3v) is 4.76. The average molecular weight is 356 g/mol. The fourth-order valence-electron chi connectivity index (χ4n) is 3.42. The van der Waals surface area contributed by atoms with Gasteiger partial charge in [-0.2, -0.15) is 5.10 Å². The second kappa shape index (κ2) is 6.29. The van der Waals surface area contributed by atoms with Crippen molar-refractivity contribution in [2.24, 2.45) is 0 Å². The van der Waals surface area contributed by atoms with Gasteiger partial charge in [0.25, 0.3) is 5.91 Å². The van der Waals surface area contributed by atoms with Crippen LogP contribution in [-0.4, -0.2) is 53.9 Å². The smallest absolute Gasteiger partial charge is 0.270 e. The molecule has 1 aliphatic rings. The number of ether oxygens (including phenoxy) is 3. The van der Waals surface area contributed by atoms with E-state index >= 15 is 0 Å². The van der Waals surface area contributed by atoms with Crippen LogP contribution in [0.4, 0.5) is 0 Å². The third-order valence-electron chi connectivity index (χ3n) is 4.76. The summed E-state index contributed by atoms with van der Waals surface area (Å²) in [6, 6.07) is 3.55. The van der Waals surface area contributed by atoms with Gasteiger partial charge in [-0.25, -0.2) is 0 Å². The lowest BCUT2D eigenvalue weighted by atomic mass is 10.1. The van der Waals surface area contributed by atoms with E-state index < -0.39 is 0 Å². The van der Waals surface area contributed by atoms with Crippen LogP contribution in [0.3, 0.4) is 0 Å². The van der Waals surface area contributed by atoms with Crippen LogP contribution in [0.15, 0.2) is 18.3 Å². The Bertz CT molecular complexity index is 975. The number of amides is 1. The van der Waals surface area contributed by atoms with E-state index in [-0.39, 0.29) is 5.91 Å². The van der Waals surface area contributed by atoms with Gasteiger partial charge in [-0.05, 0) is 6.07 Å². The van der Waals surface area contributed by atoms with Gasteiger partial charge in [0.1, 0.15) is 11.4 Å². The fourth-order valence-corrected chi connectivity index (χ4v) is 3.42. The van der Waals surface area contributed by atoms with E-state index in [0.29, 0.717) is 41.5 Å². The number of carbonyl (C=O) groups excluding carboxylic acids is 1. The van der Waals surface area contributed by atoms with Crippen molar-refractivity contribution < 1.29 is 19.0 Å². The molecule has 26 heavy (non-hydrogen) atoms. The summed E-state index contributed by atoms with van der Waals surface area (Å²) in [6.07, 6.45) is 2.54. The Morgan fingerprint density at radius 2 is 1.96 bits per heavy atom. The molecule has 2 N–H and O–H groups in total. The number of rotatable bonds is 4. The Morgan fingerprint density at radius 3 is 2.69 bits per heavy atom. The number of benzene rings is 1. The molecule has 0 unspecified atom stereocenters. The van der Waals surface area contributed by atoms with E-state index in [1.807, 2.05) is 0 Å². The summed E-state index contributed by atoms with van der Waals surface area (Å²) >= 11 is 0. The molecule has 3 heterocycles. The Labute approximate surface area is 150 Å². The molecule has 0 spiro atoms. The SMILES string of the molecule is COc1cc(OC)c2cc(C(=O)N3CCc4[nH]ncc4C3)[nH]c2c1OC. The van der Waals surface area contributed by atoms with E-state index in [4.69, 9.17) is 14.2 Å². The molecule has 0 fully saturated rings. The second-order valence-electron chi connectivity index (χ2n) is 6.14. The van der Waals surface area contributed by atoms with Crippen molar-refractivity contribution in [3.05, 3.63) is 35.3 Å². The van der Waals surface area contributed by atoms with Gasteiger partial charge in [0.15, 0.2) is 11.5 Å². The topological polar surface area (TPSA) is 92.5 Å². The number of methoxy groups -OCH3 is 3. The van der Waals surface area contributed by atoms with Gasteiger partial charge in [0.2, 0.25) is 0 Å². The van der Waals surface area contributed by atoms with Crippen LogP contribution in [0.5, 0.6) is 17.2 Å². The number of aromatic nitrogens is 3. The standard InChI is InChI=1S/C18H20N4O4/c1-24-14-7-15(25-2)17(26-3)16-11(14)6-13(20-16)18(23)22-5-4-12-10(9-22)8-19-21-12/h6-8,20H,4-5,9H2,1-3H3,(H,19,21). The number of hydrogen-bond donors (Lipinski definition) is 2. The number of fused-ring (bicyclic) bond motifs is 2. The van der Waals surface area contributed by atoms with E-state index in [2.05, 4.69) is 15.2 Å². The first-order chi connectivity index (χ1) is 12.7. The zero-order chi connectivity index (χ0) is 18.3. The molecule has 4 rings (SSSR count). The van der Waals surface area contributed by atoms with Crippen molar-refractivity contribution in [3.8, 4) is 17.2 Å². The van der Waals surface area contributed by atoms with Gasteiger partial charge >= 0.3 is 0 Å². The Morgan fingerprint density at radius 1 is 1.15 bits per heavy atom. The first-order valence-electron chi connectivity index (χ1n) is 8.28. The minimum atomic E-state index is -0.0730. The molecule has 2 aromatic heterocycles. The molecule has 0 saturated heterocycles. The van der Waals surface area contributed by atoms with Gasteiger partial charge in [-0.1, -0.05) is 0 Å². The number of nitrogens with zero attached hydrogens (tertiary/aromatic N) is 2. The van der Waals surface area contributed by atoms with Crippen molar-refractivity contribution in [1.82, 2.24) is 20.1 Å². The van der Waals surface area contributed by atoms with Gasteiger partial charge in [-0.3, -0.25) is 9.89 Å². The summed E-state index contributed by atoms with van der Waals surface area (Å²) in [5.41, 5.74) is 3.31. The highest BCUT2D eigenvalue weighted by molar-refractivity contribution is 6.02. The van der Waals surface area contributed by atoms with Crippen molar-refractivity contribution >= 4 is 16.8 Å². The highest BCUT2D eigenvalue weighted by Gasteiger charge is 2.26. The lowest BCUT2D eigenvalue weighted by Gasteiger charge is -2.26. The number of carbonyl (C=O) groups is 1. The second-order valence-corrected chi connectivity index (χ2v) is 6.14. The molecule has 0 saturated carbocycles. The minimum absolute atomic E-state index is 0.0730. The predicted molar refractivity (Wildman–Crippen MR) is 95.0 cm³/mol. The van der Waals surface area contributed by atoms with Crippen LogP contribution in [-0.2, 0) is 13.0 Å². The molecule has 1 amide bonds. The summed E-state index contributed by atoms with van der Waals surface area (Å²) in [5, 5.41) is 7.80. The molecule has 8 heteroatoms. The lowest BCUT2D eigenvalue weighted by molar-refractivity contribution is 0.0729. The molecule has 1 aromatic carbocycles. The highest BCUT2D eigenvalue weighted by Crippen LogP contribution is 2.41. The van der Waals surface area contributed by atoms with E-state index in [9.17, 15) is 4.79 Å². The van der Waals surface area contributed by atoms with E-state index in [0.717, 1.165) is 23.1 Å². The van der Waals surface area contributed by atoms with Gasteiger partial charge in [-0.15, -0.1) is 0 Å². The van der Waals surface area contributed by atoms with Crippen LogP contribution in [0, 0.1) is 0 Å². The predicted octanol–water partition coefficient (Wildman–Crippen LogP) is 2.12. The van der Waals surface area contributed by atoms with Crippen LogP contribution in [0.25, 0.3) is 10.9 Å². The molecule has 0 radical (unpaired) electrons. The first-order valence-corrected chi connectivity index (χ1v) is 8.28. The highest BCUT2D eigenvalue weighted by atomic mass is 16.5. The molecule has 0 bridgehead atoms. The minimum Gasteiger partial charge on any atom is -0.496 e. The van der Waals surface area contributed by atoms with Gasteiger partial charge in [0, 0.05) is 42.2 Å². The molecule has 0 atom stereocenters. The molecular formula is C18H20N4O4. The first kappa shape index (κ1) is 16.3. The van der Waals surface area contributed by atoms with Crippen LogP contribution < -0.4 is 14.2 Å². The molecule has 8 nitrogen and oxygen atoms in total. The fraction of sp³-hybridized carbons (Fsp3) is 0.333. The maximum atomic E-state index is 13.0. The molecule has 1 aliphatic heterocycles. The van der Waals surface area contributed by atoms with Gasteiger partial charge in [0.05, 0.1) is 33.0 Å². The van der Waals surface area contributed by atoms with Crippen molar-refractivity contribution in [2.75, 3.05) is 27.9 Å². The normalized spacial score (nSPS) is 13.6. The Hall–Kier alpha value is -3.16. The largest absolute Gasteiger partial charge is 0.496 e. The Kier molecular flexibility index (Phi) is 3.95. The van der Waals surface area contributed by atoms with Crippen molar-refractivity contribution in [3.63, 3.8) is 0 Å². The lowest BCUT2D eigenvalue weighted by Crippen LogP contribution is -2.35. The quantitative estimate of drug-likeness (QED) is 0.747. The zero-order valence-corrected chi connectivity index (χ0v) is 14.9. The number of hydrogen-bond acceptors (Lipinski definition) is 5. The monoisotopic (exact) mass is 356 g/mol. The molecule has 3 aromatic rings. The maximum absolute atomic E-state index is 13.0. The number of aromatic amines is 2. The zero-order valence-electron chi connectivity index (χ0n) is 14.9. The molecular weight excluding hydrogens is 336 g/mol. The molecule has 0 aliphatic carbocycles. The van der Waals surface area contributed by atoms with E-state index in [1.165, 1.54) is 0 Å². The third kappa shape index (κ3) is 2.45. The van der Waals surface area contributed by atoms with Crippen LogP contribution >= 0.6 is 0 Å². The summed E-state index contributed by atoms with van der Waals surface area (Å²) in [4.78, 5) is 18.0. The average Bonchev–Trinajstić information content (AvgIpc) is 3.32. The van der Waals surface area contributed by atoms with Crippen LogP contribution in [0.1, 0.15) is 21.7 Å². The summed E-state index contributed by atoms with van der Waals surface area (Å²) < 4.78 is 16.3. The summed E-state index contributed by atoms with van der Waals surface area (Å²) in [6.45, 7) is 1.18. The van der Waals surface area contributed by atoms with Crippen molar-refractivity contribution in [1.29, 1.82) is 0 Å². The summed E-state index contributed by atoms with van der Waals surface area (Å²) in [7, 11) is 4.71. The van der Waals surface area contributed by atoms with Crippen molar-refractivity contribution in [2.45, 2.75) is 13.0 Å².